The molecule has 0 saturated heterocycles. The summed E-state index contributed by atoms with van der Waals surface area (Å²) in [5.74, 6) is -0.450. The van der Waals surface area contributed by atoms with Gasteiger partial charge in [-0.3, -0.25) is 14.0 Å². The topological polar surface area (TPSA) is 63.5 Å². The Bertz CT molecular complexity index is 930. The fraction of sp³-hybridized carbons (Fsp3) is 0.250. The third-order valence-electron chi connectivity index (χ3n) is 4.14. The summed E-state index contributed by atoms with van der Waals surface area (Å²) in [7, 11) is 0. The SMILES string of the molecule is CCCCCc1ccc(NC(=O)c2cnc3ccccn3c2=O)cc1. The van der Waals surface area contributed by atoms with E-state index in [1.165, 1.54) is 35.4 Å². The number of pyridine rings is 1. The standard InChI is InChI=1S/C20H21N3O2/c1-2-3-4-7-15-9-11-16(12-10-15)22-19(24)17-14-21-18-8-5-6-13-23(18)20(17)25/h5-6,8-14H,2-4,7H2,1H3,(H,22,24). The Balaban J connectivity index is 1.74. The van der Waals surface area contributed by atoms with Crippen molar-refractivity contribution in [2.24, 2.45) is 0 Å². The molecule has 0 aliphatic rings. The van der Waals surface area contributed by atoms with E-state index in [0.29, 0.717) is 11.3 Å². The number of aromatic nitrogens is 2. The fourth-order valence-corrected chi connectivity index (χ4v) is 2.71. The maximum atomic E-state index is 12.4. The van der Waals surface area contributed by atoms with Crippen molar-refractivity contribution in [3.8, 4) is 0 Å². The van der Waals surface area contributed by atoms with E-state index in [9.17, 15) is 9.59 Å². The van der Waals surface area contributed by atoms with Crippen LogP contribution >= 0.6 is 0 Å². The molecule has 2 heterocycles. The Morgan fingerprint density at radius 1 is 1.12 bits per heavy atom. The van der Waals surface area contributed by atoms with Crippen molar-refractivity contribution in [1.82, 2.24) is 9.38 Å². The van der Waals surface area contributed by atoms with Crippen molar-refractivity contribution in [3.63, 3.8) is 0 Å². The van der Waals surface area contributed by atoms with E-state index in [2.05, 4.69) is 17.2 Å². The van der Waals surface area contributed by atoms with Gasteiger partial charge in [0.15, 0.2) is 0 Å². The molecule has 3 rings (SSSR count). The number of rotatable bonds is 6. The molecule has 1 N–H and O–H groups in total. The summed E-state index contributed by atoms with van der Waals surface area (Å²) >= 11 is 0. The van der Waals surface area contributed by atoms with Gasteiger partial charge in [-0.25, -0.2) is 4.98 Å². The summed E-state index contributed by atoms with van der Waals surface area (Å²) in [6, 6.07) is 13.0. The Hall–Kier alpha value is -2.95. The first kappa shape index (κ1) is 16.9. The van der Waals surface area contributed by atoms with Gasteiger partial charge < -0.3 is 5.32 Å². The lowest BCUT2D eigenvalue weighted by Crippen LogP contribution is -2.26. The van der Waals surface area contributed by atoms with Gasteiger partial charge in [-0.1, -0.05) is 38.0 Å². The van der Waals surface area contributed by atoms with Gasteiger partial charge in [0.05, 0.1) is 0 Å². The average molecular weight is 335 g/mol. The summed E-state index contributed by atoms with van der Waals surface area (Å²) in [6.45, 7) is 2.18. The number of carbonyl (C=O) groups excluding carboxylic acids is 1. The second-order valence-electron chi connectivity index (χ2n) is 6.01. The van der Waals surface area contributed by atoms with Crippen molar-refractivity contribution in [2.45, 2.75) is 32.6 Å². The highest BCUT2D eigenvalue weighted by molar-refractivity contribution is 6.03. The molecule has 1 aromatic carbocycles. The fourth-order valence-electron chi connectivity index (χ4n) is 2.71. The van der Waals surface area contributed by atoms with E-state index >= 15 is 0 Å². The normalized spacial score (nSPS) is 10.8. The molecule has 0 aliphatic carbocycles. The molecule has 0 atom stereocenters. The lowest BCUT2D eigenvalue weighted by molar-refractivity contribution is 0.102. The Morgan fingerprint density at radius 2 is 1.92 bits per heavy atom. The van der Waals surface area contributed by atoms with Gasteiger partial charge in [0, 0.05) is 18.1 Å². The zero-order chi connectivity index (χ0) is 17.6. The van der Waals surface area contributed by atoms with E-state index in [1.807, 2.05) is 24.3 Å². The number of nitrogens with one attached hydrogen (secondary N) is 1. The zero-order valence-corrected chi connectivity index (χ0v) is 14.2. The molecule has 0 saturated carbocycles. The quantitative estimate of drug-likeness (QED) is 0.699. The minimum absolute atomic E-state index is 0.0238. The molecule has 0 spiro atoms. The van der Waals surface area contributed by atoms with Crippen LogP contribution in [-0.4, -0.2) is 15.3 Å². The lowest BCUT2D eigenvalue weighted by Gasteiger charge is -2.07. The lowest BCUT2D eigenvalue weighted by atomic mass is 10.1. The summed E-state index contributed by atoms with van der Waals surface area (Å²) in [5.41, 5.74) is 2.08. The minimum atomic E-state index is -0.450. The Morgan fingerprint density at radius 3 is 2.68 bits per heavy atom. The van der Waals surface area contributed by atoms with Crippen LogP contribution in [0.5, 0.6) is 0 Å². The molecule has 0 unspecified atom stereocenters. The number of amides is 1. The summed E-state index contributed by atoms with van der Waals surface area (Å²) in [5, 5.41) is 2.77. The maximum absolute atomic E-state index is 12.4. The molecule has 0 radical (unpaired) electrons. The van der Waals surface area contributed by atoms with E-state index in [0.717, 1.165) is 6.42 Å². The van der Waals surface area contributed by atoms with Crippen molar-refractivity contribution in [2.75, 3.05) is 5.32 Å². The van der Waals surface area contributed by atoms with Crippen molar-refractivity contribution < 1.29 is 4.79 Å². The Labute approximate surface area is 146 Å². The summed E-state index contributed by atoms with van der Waals surface area (Å²) in [6.07, 6.45) is 7.55. The number of unbranched alkanes of at least 4 members (excludes halogenated alkanes) is 2. The largest absolute Gasteiger partial charge is 0.322 e. The minimum Gasteiger partial charge on any atom is -0.322 e. The second kappa shape index (κ2) is 7.75. The molecule has 5 heteroatoms. The summed E-state index contributed by atoms with van der Waals surface area (Å²) in [4.78, 5) is 29.0. The molecule has 128 valence electrons. The summed E-state index contributed by atoms with van der Waals surface area (Å²) < 4.78 is 1.37. The third kappa shape index (κ3) is 3.94. The predicted octanol–water partition coefficient (Wildman–Crippen LogP) is 3.68. The number of fused-ring (bicyclic) bond motifs is 1. The molecule has 0 aliphatic heterocycles. The number of benzene rings is 1. The van der Waals surface area contributed by atoms with E-state index in [1.54, 1.807) is 24.4 Å². The van der Waals surface area contributed by atoms with Gasteiger partial charge in [-0.15, -0.1) is 0 Å². The molecule has 3 aromatic rings. The molecular formula is C20H21N3O2. The van der Waals surface area contributed by atoms with Crippen LogP contribution in [0.3, 0.4) is 0 Å². The van der Waals surface area contributed by atoms with Crippen LogP contribution in [0.15, 0.2) is 59.7 Å². The van der Waals surface area contributed by atoms with Gasteiger partial charge >= 0.3 is 0 Å². The molecule has 2 aromatic heterocycles. The van der Waals surface area contributed by atoms with E-state index in [-0.39, 0.29) is 11.1 Å². The predicted molar refractivity (Wildman–Crippen MR) is 99.1 cm³/mol. The molecular weight excluding hydrogens is 314 g/mol. The van der Waals surface area contributed by atoms with E-state index in [4.69, 9.17) is 0 Å². The molecule has 0 fully saturated rings. The number of nitrogens with zero attached hydrogens (tertiary/aromatic N) is 2. The smallest absolute Gasteiger partial charge is 0.270 e. The highest BCUT2D eigenvalue weighted by atomic mass is 16.2. The number of hydrogen-bond donors (Lipinski definition) is 1. The van der Waals surface area contributed by atoms with Crippen LogP contribution in [-0.2, 0) is 6.42 Å². The first-order valence-corrected chi connectivity index (χ1v) is 8.55. The van der Waals surface area contributed by atoms with Crippen LogP contribution < -0.4 is 10.9 Å². The number of hydrogen-bond acceptors (Lipinski definition) is 3. The van der Waals surface area contributed by atoms with Crippen LogP contribution in [0.1, 0.15) is 42.1 Å². The second-order valence-corrected chi connectivity index (χ2v) is 6.01. The maximum Gasteiger partial charge on any atom is 0.270 e. The average Bonchev–Trinajstić information content (AvgIpc) is 2.64. The molecule has 1 amide bonds. The number of carbonyl (C=O) groups is 1. The van der Waals surface area contributed by atoms with Crippen molar-refractivity contribution >= 4 is 17.2 Å². The van der Waals surface area contributed by atoms with Crippen LogP contribution in [0.25, 0.3) is 5.65 Å². The Kier molecular flexibility index (Phi) is 5.23. The van der Waals surface area contributed by atoms with Crippen molar-refractivity contribution in [3.05, 3.63) is 76.3 Å². The first-order valence-electron chi connectivity index (χ1n) is 8.55. The van der Waals surface area contributed by atoms with E-state index < -0.39 is 5.91 Å². The van der Waals surface area contributed by atoms with Crippen LogP contribution in [0, 0.1) is 0 Å². The van der Waals surface area contributed by atoms with Crippen LogP contribution in [0.2, 0.25) is 0 Å². The van der Waals surface area contributed by atoms with Gasteiger partial charge in [0.1, 0.15) is 11.2 Å². The third-order valence-corrected chi connectivity index (χ3v) is 4.14. The highest BCUT2D eigenvalue weighted by Crippen LogP contribution is 2.13. The monoisotopic (exact) mass is 335 g/mol. The number of aryl methyl sites for hydroxylation is 1. The molecule has 5 nitrogen and oxygen atoms in total. The highest BCUT2D eigenvalue weighted by Gasteiger charge is 2.13. The molecule has 25 heavy (non-hydrogen) atoms. The van der Waals surface area contributed by atoms with Gasteiger partial charge in [0.2, 0.25) is 0 Å². The first-order chi connectivity index (χ1) is 12.2. The number of anilines is 1. The zero-order valence-electron chi connectivity index (χ0n) is 14.2. The van der Waals surface area contributed by atoms with Gasteiger partial charge in [0.25, 0.3) is 11.5 Å². The van der Waals surface area contributed by atoms with Crippen LogP contribution in [0.4, 0.5) is 5.69 Å². The molecule has 0 bridgehead atoms. The van der Waals surface area contributed by atoms with Gasteiger partial charge in [-0.2, -0.15) is 0 Å². The van der Waals surface area contributed by atoms with Gasteiger partial charge in [-0.05, 0) is 42.7 Å². The van der Waals surface area contributed by atoms with Crippen molar-refractivity contribution in [1.29, 1.82) is 0 Å².